The van der Waals surface area contributed by atoms with Gasteiger partial charge >= 0.3 is 11.9 Å². The van der Waals surface area contributed by atoms with Crippen molar-refractivity contribution in [1.82, 2.24) is 9.55 Å². The summed E-state index contributed by atoms with van der Waals surface area (Å²) in [6, 6.07) is 7.55. The van der Waals surface area contributed by atoms with Crippen LogP contribution in [0.15, 0.2) is 30.6 Å². The van der Waals surface area contributed by atoms with Crippen LogP contribution in [-0.4, -0.2) is 34.2 Å². The van der Waals surface area contributed by atoms with Crippen LogP contribution in [0.5, 0.6) is 0 Å². The zero-order valence-corrected chi connectivity index (χ0v) is 16.3. The van der Waals surface area contributed by atoms with E-state index in [0.717, 1.165) is 23.9 Å². The first-order valence-corrected chi connectivity index (χ1v) is 9.69. The number of carbonyl (C=O) groups excluding carboxylic acids is 2. The number of hydrogen-bond donors (Lipinski definition) is 0. The summed E-state index contributed by atoms with van der Waals surface area (Å²) in [6.45, 7) is 6.19. The summed E-state index contributed by atoms with van der Waals surface area (Å²) < 4.78 is 12.5. The highest BCUT2D eigenvalue weighted by Crippen LogP contribution is 2.35. The van der Waals surface area contributed by atoms with Crippen LogP contribution in [0.1, 0.15) is 40.0 Å². The number of hydrogen-bond acceptors (Lipinski definition) is 5. The van der Waals surface area contributed by atoms with Gasteiger partial charge in [-0.1, -0.05) is 39.3 Å². The molecule has 1 saturated carbocycles. The van der Waals surface area contributed by atoms with E-state index in [9.17, 15) is 9.59 Å². The Morgan fingerprint density at radius 3 is 2.78 bits per heavy atom. The van der Waals surface area contributed by atoms with Crippen molar-refractivity contribution < 1.29 is 19.1 Å². The molecule has 0 saturated heterocycles. The summed E-state index contributed by atoms with van der Waals surface area (Å²) in [5.41, 5.74) is 1.67. The number of carbonyl (C=O) groups is 2. The van der Waals surface area contributed by atoms with Crippen LogP contribution >= 0.6 is 0 Å². The molecule has 0 aliphatic heterocycles. The number of aromatic nitrogens is 2. The number of nitrogens with zero attached hydrogens (tertiary/aromatic N) is 2. The molecule has 1 aliphatic rings. The molecule has 1 aromatic carbocycles. The molecule has 0 bridgehead atoms. The highest BCUT2D eigenvalue weighted by Gasteiger charge is 2.33. The lowest BCUT2D eigenvalue weighted by atomic mass is 9.75. The smallest absolute Gasteiger partial charge is 0.344 e. The zero-order valence-electron chi connectivity index (χ0n) is 16.3. The molecular formula is C21H28N2O4. The predicted octanol–water partition coefficient (Wildman–Crippen LogP) is 3.58. The van der Waals surface area contributed by atoms with Crippen molar-refractivity contribution in [2.45, 2.75) is 52.7 Å². The van der Waals surface area contributed by atoms with Gasteiger partial charge in [0.05, 0.1) is 17.4 Å². The molecule has 1 fully saturated rings. The normalized spacial score (nSPS) is 22.7. The number of benzene rings is 1. The van der Waals surface area contributed by atoms with Crippen LogP contribution in [0.25, 0.3) is 11.0 Å². The molecule has 2 aromatic rings. The monoisotopic (exact) mass is 372 g/mol. The Bertz CT molecular complexity index is 798. The van der Waals surface area contributed by atoms with Crippen molar-refractivity contribution >= 4 is 23.0 Å². The van der Waals surface area contributed by atoms with E-state index in [4.69, 9.17) is 9.47 Å². The maximum absolute atomic E-state index is 12.2. The maximum atomic E-state index is 12.2. The van der Waals surface area contributed by atoms with E-state index in [2.05, 4.69) is 25.8 Å². The fourth-order valence-electron chi connectivity index (χ4n) is 3.91. The summed E-state index contributed by atoms with van der Waals surface area (Å²) in [4.78, 5) is 28.5. The second kappa shape index (κ2) is 8.55. The number of fused-ring (bicyclic) bond motifs is 1. The minimum Gasteiger partial charge on any atom is -0.460 e. The summed E-state index contributed by atoms with van der Waals surface area (Å²) >= 11 is 0. The fourth-order valence-corrected chi connectivity index (χ4v) is 3.91. The third kappa shape index (κ3) is 4.87. The third-order valence-electron chi connectivity index (χ3n) is 5.42. The molecule has 6 nitrogen and oxygen atoms in total. The molecule has 146 valence electrons. The van der Waals surface area contributed by atoms with Crippen LogP contribution in [-0.2, 0) is 25.6 Å². The van der Waals surface area contributed by atoms with Crippen LogP contribution in [0.3, 0.4) is 0 Å². The SMILES string of the molecule is CC(C)[C@H]1CC[C@@H](C)C[C@@H]1OC(=O)COC(=O)Cn1cnc2ccccc21. The number of ether oxygens (including phenoxy) is 2. The van der Waals surface area contributed by atoms with Crippen LogP contribution < -0.4 is 0 Å². The number of para-hydroxylation sites is 2. The van der Waals surface area contributed by atoms with Crippen LogP contribution in [0.2, 0.25) is 0 Å². The average molecular weight is 372 g/mol. The van der Waals surface area contributed by atoms with Gasteiger partial charge in [0.15, 0.2) is 6.61 Å². The van der Waals surface area contributed by atoms with Gasteiger partial charge in [0.25, 0.3) is 0 Å². The summed E-state index contributed by atoms with van der Waals surface area (Å²) in [5, 5.41) is 0. The molecule has 0 unspecified atom stereocenters. The molecular weight excluding hydrogens is 344 g/mol. The largest absolute Gasteiger partial charge is 0.460 e. The van der Waals surface area contributed by atoms with Gasteiger partial charge in [0.1, 0.15) is 12.6 Å². The number of imidazole rings is 1. The van der Waals surface area contributed by atoms with Gasteiger partial charge in [0, 0.05) is 0 Å². The molecule has 6 heteroatoms. The van der Waals surface area contributed by atoms with E-state index in [-0.39, 0.29) is 19.3 Å². The minimum absolute atomic E-state index is 0.0167. The van der Waals surface area contributed by atoms with Crippen LogP contribution in [0, 0.1) is 17.8 Å². The third-order valence-corrected chi connectivity index (χ3v) is 5.42. The molecule has 0 amide bonds. The van der Waals surface area contributed by atoms with E-state index < -0.39 is 11.9 Å². The van der Waals surface area contributed by atoms with Gasteiger partial charge in [-0.3, -0.25) is 4.79 Å². The maximum Gasteiger partial charge on any atom is 0.344 e. The molecule has 1 aromatic heterocycles. The summed E-state index contributed by atoms with van der Waals surface area (Å²) in [6.07, 6.45) is 4.64. The number of rotatable bonds is 6. The molecule has 1 aliphatic carbocycles. The summed E-state index contributed by atoms with van der Waals surface area (Å²) in [5.74, 6) is 0.441. The van der Waals surface area contributed by atoms with Crippen molar-refractivity contribution in [1.29, 1.82) is 0 Å². The first kappa shape index (κ1) is 19.4. The Kier molecular flexibility index (Phi) is 6.14. The van der Waals surface area contributed by atoms with Crippen molar-refractivity contribution in [2.24, 2.45) is 17.8 Å². The Balaban J connectivity index is 1.50. The lowest BCUT2D eigenvalue weighted by molar-refractivity contribution is -0.167. The van der Waals surface area contributed by atoms with Crippen LogP contribution in [0.4, 0.5) is 0 Å². The van der Waals surface area contributed by atoms with Gasteiger partial charge < -0.3 is 14.0 Å². The number of esters is 2. The molecule has 3 atom stereocenters. The van der Waals surface area contributed by atoms with E-state index in [1.807, 2.05) is 24.3 Å². The van der Waals surface area contributed by atoms with Gasteiger partial charge in [-0.25, -0.2) is 9.78 Å². The molecule has 0 radical (unpaired) electrons. The molecule has 27 heavy (non-hydrogen) atoms. The van der Waals surface area contributed by atoms with Crippen molar-refractivity contribution in [2.75, 3.05) is 6.61 Å². The standard InChI is InChI=1S/C21H28N2O4/c1-14(2)16-9-8-15(3)10-19(16)27-21(25)12-26-20(24)11-23-13-22-17-6-4-5-7-18(17)23/h4-7,13-16,19H,8-12H2,1-3H3/t15-,16-,19+/m1/s1. The Hall–Kier alpha value is -2.37. The van der Waals surface area contributed by atoms with Crippen molar-refractivity contribution in [3.05, 3.63) is 30.6 Å². The molecule has 0 N–H and O–H groups in total. The minimum atomic E-state index is -0.479. The first-order valence-electron chi connectivity index (χ1n) is 9.69. The molecule has 1 heterocycles. The van der Waals surface area contributed by atoms with E-state index in [1.165, 1.54) is 6.42 Å². The first-order chi connectivity index (χ1) is 12.9. The lowest BCUT2D eigenvalue weighted by Gasteiger charge is -2.36. The Morgan fingerprint density at radius 1 is 1.22 bits per heavy atom. The Morgan fingerprint density at radius 2 is 2.00 bits per heavy atom. The second-order valence-electron chi connectivity index (χ2n) is 7.88. The predicted molar refractivity (Wildman–Crippen MR) is 102 cm³/mol. The summed E-state index contributed by atoms with van der Waals surface area (Å²) in [7, 11) is 0. The molecule has 3 rings (SSSR count). The van der Waals surface area contributed by atoms with Gasteiger partial charge in [-0.05, 0) is 42.7 Å². The lowest BCUT2D eigenvalue weighted by Crippen LogP contribution is -2.37. The van der Waals surface area contributed by atoms with Crippen molar-refractivity contribution in [3.8, 4) is 0 Å². The van der Waals surface area contributed by atoms with Gasteiger partial charge in [0.2, 0.25) is 0 Å². The highest BCUT2D eigenvalue weighted by molar-refractivity contribution is 5.79. The highest BCUT2D eigenvalue weighted by atomic mass is 16.6. The van der Waals surface area contributed by atoms with Gasteiger partial charge in [-0.2, -0.15) is 0 Å². The average Bonchev–Trinajstić information content (AvgIpc) is 3.03. The van der Waals surface area contributed by atoms with E-state index in [1.54, 1.807) is 10.9 Å². The fraction of sp³-hybridized carbons (Fsp3) is 0.571. The molecule has 0 spiro atoms. The zero-order chi connectivity index (χ0) is 19.4. The van der Waals surface area contributed by atoms with E-state index >= 15 is 0 Å². The quantitative estimate of drug-likeness (QED) is 0.725. The van der Waals surface area contributed by atoms with E-state index in [0.29, 0.717) is 17.8 Å². The second-order valence-corrected chi connectivity index (χ2v) is 7.88. The topological polar surface area (TPSA) is 70.4 Å². The van der Waals surface area contributed by atoms with Gasteiger partial charge in [-0.15, -0.1) is 0 Å². The van der Waals surface area contributed by atoms with Crippen molar-refractivity contribution in [3.63, 3.8) is 0 Å². The Labute approximate surface area is 159 Å².